The summed E-state index contributed by atoms with van der Waals surface area (Å²) in [6.07, 6.45) is 3.24. The molecule has 2 heteroatoms. The monoisotopic (exact) mass is 144 g/mol. The normalized spacial score (nSPS) is 9.80. The van der Waals surface area contributed by atoms with Gasteiger partial charge in [-0.25, -0.2) is 0 Å². The van der Waals surface area contributed by atoms with Crippen LogP contribution in [0.2, 0.25) is 0 Å². The van der Waals surface area contributed by atoms with E-state index in [1.165, 1.54) is 0 Å². The topological polar surface area (TPSA) is 26.3 Å². The lowest BCUT2D eigenvalue weighted by molar-refractivity contribution is -0.119. The molecule has 0 aromatic carbocycles. The van der Waals surface area contributed by atoms with Gasteiger partial charge >= 0.3 is 0 Å². The smallest absolute Gasteiger partial charge is 0.132 e. The van der Waals surface area contributed by atoms with Crippen LogP contribution in [0.5, 0.6) is 0 Å². The Labute approximate surface area is 62.6 Å². The second-order valence-electron chi connectivity index (χ2n) is 2.39. The van der Waals surface area contributed by atoms with E-state index in [0.29, 0.717) is 18.8 Å². The van der Waals surface area contributed by atoms with Gasteiger partial charge < -0.3 is 4.74 Å². The zero-order valence-electron chi connectivity index (χ0n) is 6.85. The Kier molecular flexibility index (Phi) is 6.50. The first kappa shape index (κ1) is 9.63. The number of carbonyl (C=O) groups is 1. The summed E-state index contributed by atoms with van der Waals surface area (Å²) >= 11 is 0. The van der Waals surface area contributed by atoms with E-state index in [1.807, 2.05) is 6.92 Å². The van der Waals surface area contributed by atoms with Crippen LogP contribution in [0.1, 0.15) is 32.6 Å². The summed E-state index contributed by atoms with van der Waals surface area (Å²) in [5.41, 5.74) is 0. The maximum Gasteiger partial charge on any atom is 0.132 e. The van der Waals surface area contributed by atoms with E-state index in [1.54, 1.807) is 7.11 Å². The van der Waals surface area contributed by atoms with E-state index in [9.17, 15) is 4.79 Å². The molecule has 0 amide bonds. The SMILES string of the molecule is CCCC(=O)CCCOC. The van der Waals surface area contributed by atoms with Crippen LogP contribution in [-0.2, 0) is 9.53 Å². The Bertz CT molecular complexity index is 89.3. The largest absolute Gasteiger partial charge is 0.385 e. The van der Waals surface area contributed by atoms with Crippen molar-refractivity contribution in [3.8, 4) is 0 Å². The molecule has 0 saturated carbocycles. The van der Waals surface area contributed by atoms with E-state index in [2.05, 4.69) is 0 Å². The average Bonchev–Trinajstić information content (AvgIpc) is 1.89. The second-order valence-corrected chi connectivity index (χ2v) is 2.39. The van der Waals surface area contributed by atoms with Gasteiger partial charge in [0.05, 0.1) is 0 Å². The van der Waals surface area contributed by atoms with Crippen LogP contribution in [0.4, 0.5) is 0 Å². The Hall–Kier alpha value is -0.370. The third kappa shape index (κ3) is 5.76. The third-order valence-electron chi connectivity index (χ3n) is 1.33. The first-order valence-corrected chi connectivity index (χ1v) is 3.82. The van der Waals surface area contributed by atoms with E-state index in [-0.39, 0.29) is 0 Å². The number of hydrogen-bond acceptors (Lipinski definition) is 2. The van der Waals surface area contributed by atoms with Crippen LogP contribution >= 0.6 is 0 Å². The molecule has 10 heavy (non-hydrogen) atoms. The predicted octanol–water partition coefficient (Wildman–Crippen LogP) is 1.78. The van der Waals surface area contributed by atoms with Crippen molar-refractivity contribution in [3.05, 3.63) is 0 Å². The lowest BCUT2D eigenvalue weighted by Crippen LogP contribution is -1.99. The van der Waals surface area contributed by atoms with Crippen molar-refractivity contribution in [1.82, 2.24) is 0 Å². The van der Waals surface area contributed by atoms with Crippen LogP contribution in [0.25, 0.3) is 0 Å². The van der Waals surface area contributed by atoms with Gasteiger partial charge in [-0.2, -0.15) is 0 Å². The molecule has 0 saturated heterocycles. The average molecular weight is 144 g/mol. The van der Waals surface area contributed by atoms with Gasteiger partial charge in [0.1, 0.15) is 5.78 Å². The Morgan fingerprint density at radius 3 is 2.60 bits per heavy atom. The first-order valence-electron chi connectivity index (χ1n) is 3.82. The fourth-order valence-electron chi connectivity index (χ4n) is 0.818. The molecule has 0 heterocycles. The number of hydrogen-bond donors (Lipinski definition) is 0. The molecule has 0 unspecified atom stereocenters. The number of methoxy groups -OCH3 is 1. The van der Waals surface area contributed by atoms with Crippen molar-refractivity contribution in [1.29, 1.82) is 0 Å². The summed E-state index contributed by atoms with van der Waals surface area (Å²) in [4.78, 5) is 10.9. The molecule has 0 atom stereocenters. The van der Waals surface area contributed by atoms with Crippen molar-refractivity contribution in [2.75, 3.05) is 13.7 Å². The molecule has 0 rings (SSSR count). The zero-order chi connectivity index (χ0) is 7.82. The summed E-state index contributed by atoms with van der Waals surface area (Å²) in [6.45, 7) is 2.73. The summed E-state index contributed by atoms with van der Waals surface area (Å²) < 4.78 is 4.82. The molecular formula is C8H16O2. The summed E-state index contributed by atoms with van der Waals surface area (Å²) in [6, 6.07) is 0. The van der Waals surface area contributed by atoms with Crippen molar-refractivity contribution in [2.45, 2.75) is 32.6 Å². The van der Waals surface area contributed by atoms with Crippen LogP contribution < -0.4 is 0 Å². The Morgan fingerprint density at radius 1 is 1.40 bits per heavy atom. The van der Waals surface area contributed by atoms with E-state index in [0.717, 1.165) is 19.3 Å². The minimum absolute atomic E-state index is 0.361. The molecule has 0 aliphatic carbocycles. The molecule has 0 radical (unpaired) electrons. The molecule has 0 aromatic rings. The summed E-state index contributed by atoms with van der Waals surface area (Å²) in [5, 5.41) is 0. The summed E-state index contributed by atoms with van der Waals surface area (Å²) in [7, 11) is 1.66. The molecule has 2 nitrogen and oxygen atoms in total. The standard InChI is InChI=1S/C8H16O2/c1-3-5-8(9)6-4-7-10-2/h3-7H2,1-2H3. The molecule has 0 aliphatic rings. The Morgan fingerprint density at radius 2 is 2.10 bits per heavy atom. The maximum absolute atomic E-state index is 10.9. The van der Waals surface area contributed by atoms with Gasteiger partial charge in [-0.05, 0) is 12.8 Å². The molecular weight excluding hydrogens is 128 g/mol. The third-order valence-corrected chi connectivity index (χ3v) is 1.33. The second kappa shape index (κ2) is 6.75. The summed E-state index contributed by atoms with van der Waals surface area (Å²) in [5.74, 6) is 0.361. The number of rotatable bonds is 6. The fourth-order valence-corrected chi connectivity index (χ4v) is 0.818. The fraction of sp³-hybridized carbons (Fsp3) is 0.875. The lowest BCUT2D eigenvalue weighted by atomic mass is 10.1. The maximum atomic E-state index is 10.9. The van der Waals surface area contributed by atoms with E-state index in [4.69, 9.17) is 4.74 Å². The van der Waals surface area contributed by atoms with Gasteiger partial charge in [0.15, 0.2) is 0 Å². The van der Waals surface area contributed by atoms with Gasteiger partial charge in [-0.3, -0.25) is 4.79 Å². The number of Topliss-reactive ketones (excluding diaryl/α,β-unsaturated/α-hetero) is 1. The van der Waals surface area contributed by atoms with Crippen LogP contribution in [0.15, 0.2) is 0 Å². The van der Waals surface area contributed by atoms with E-state index < -0.39 is 0 Å². The van der Waals surface area contributed by atoms with Gasteiger partial charge in [0, 0.05) is 26.6 Å². The van der Waals surface area contributed by atoms with Crippen LogP contribution in [0, 0.1) is 0 Å². The minimum Gasteiger partial charge on any atom is -0.385 e. The van der Waals surface area contributed by atoms with Crippen LogP contribution in [-0.4, -0.2) is 19.5 Å². The molecule has 0 fully saturated rings. The van der Waals surface area contributed by atoms with Crippen molar-refractivity contribution >= 4 is 5.78 Å². The Balaban J connectivity index is 3.05. The van der Waals surface area contributed by atoms with Gasteiger partial charge in [0.25, 0.3) is 0 Å². The predicted molar refractivity (Wildman–Crippen MR) is 41.0 cm³/mol. The van der Waals surface area contributed by atoms with Gasteiger partial charge in [-0.15, -0.1) is 0 Å². The first-order chi connectivity index (χ1) is 4.81. The van der Waals surface area contributed by atoms with Crippen LogP contribution in [0.3, 0.4) is 0 Å². The number of carbonyl (C=O) groups excluding carboxylic acids is 1. The van der Waals surface area contributed by atoms with Crippen molar-refractivity contribution < 1.29 is 9.53 Å². The van der Waals surface area contributed by atoms with Gasteiger partial charge in [-0.1, -0.05) is 6.92 Å². The number of ketones is 1. The highest BCUT2D eigenvalue weighted by Crippen LogP contribution is 1.97. The molecule has 0 bridgehead atoms. The minimum atomic E-state index is 0.361. The highest BCUT2D eigenvalue weighted by Gasteiger charge is 1.97. The van der Waals surface area contributed by atoms with Crippen molar-refractivity contribution in [3.63, 3.8) is 0 Å². The highest BCUT2D eigenvalue weighted by molar-refractivity contribution is 5.78. The lowest BCUT2D eigenvalue weighted by Gasteiger charge is -1.97. The van der Waals surface area contributed by atoms with E-state index >= 15 is 0 Å². The van der Waals surface area contributed by atoms with Gasteiger partial charge in [0.2, 0.25) is 0 Å². The zero-order valence-corrected chi connectivity index (χ0v) is 6.85. The van der Waals surface area contributed by atoms with Crippen molar-refractivity contribution in [2.24, 2.45) is 0 Å². The molecule has 0 aromatic heterocycles. The molecule has 0 spiro atoms. The highest BCUT2D eigenvalue weighted by atomic mass is 16.5. The quantitative estimate of drug-likeness (QED) is 0.531. The molecule has 0 aliphatic heterocycles. The number of ether oxygens (including phenoxy) is 1. The molecule has 60 valence electrons. The molecule has 0 N–H and O–H groups in total.